The second kappa shape index (κ2) is 4.86. The number of methoxy groups -OCH3 is 1. The van der Waals surface area contributed by atoms with Gasteiger partial charge in [0.15, 0.2) is 0 Å². The van der Waals surface area contributed by atoms with Crippen LogP contribution in [0.15, 0.2) is 12.4 Å². The van der Waals surface area contributed by atoms with Crippen LogP contribution in [0.3, 0.4) is 0 Å². The SMILES string of the molecule is CO[C@H](c1cnc(C)cn1)[C@@H](C)S(N)(=O)=O. The van der Waals surface area contributed by atoms with Crippen LogP contribution in [-0.4, -0.2) is 30.7 Å². The van der Waals surface area contributed by atoms with Gasteiger partial charge in [0, 0.05) is 13.3 Å². The summed E-state index contributed by atoms with van der Waals surface area (Å²) in [6.07, 6.45) is 2.34. The third kappa shape index (κ3) is 2.97. The predicted octanol–water partition coefficient (Wildman–Crippen LogP) is 0.150. The number of hydrogen-bond acceptors (Lipinski definition) is 5. The highest BCUT2D eigenvalue weighted by Gasteiger charge is 2.29. The molecular formula is C9H15N3O3S. The molecule has 90 valence electrons. The molecule has 0 fully saturated rings. The van der Waals surface area contributed by atoms with E-state index in [0.29, 0.717) is 5.69 Å². The Kier molecular flexibility index (Phi) is 3.95. The third-order valence-corrected chi connectivity index (χ3v) is 3.57. The molecular weight excluding hydrogens is 230 g/mol. The molecule has 2 atom stereocenters. The number of ether oxygens (including phenoxy) is 1. The van der Waals surface area contributed by atoms with Crippen molar-refractivity contribution in [2.45, 2.75) is 25.2 Å². The zero-order valence-electron chi connectivity index (χ0n) is 9.41. The molecule has 16 heavy (non-hydrogen) atoms. The highest BCUT2D eigenvalue weighted by Crippen LogP contribution is 2.21. The molecule has 0 aromatic carbocycles. The van der Waals surface area contributed by atoms with Gasteiger partial charge in [-0.1, -0.05) is 0 Å². The summed E-state index contributed by atoms with van der Waals surface area (Å²) in [6, 6.07) is 0. The van der Waals surface area contributed by atoms with Gasteiger partial charge < -0.3 is 4.74 Å². The van der Waals surface area contributed by atoms with Crippen molar-refractivity contribution >= 4 is 10.0 Å². The lowest BCUT2D eigenvalue weighted by atomic mass is 10.2. The molecule has 0 radical (unpaired) electrons. The molecule has 0 saturated carbocycles. The van der Waals surface area contributed by atoms with Gasteiger partial charge in [-0.05, 0) is 13.8 Å². The van der Waals surface area contributed by atoms with E-state index in [0.717, 1.165) is 5.69 Å². The number of sulfonamides is 1. The molecule has 1 aromatic heterocycles. The van der Waals surface area contributed by atoms with Crippen molar-refractivity contribution in [2.75, 3.05) is 7.11 Å². The van der Waals surface area contributed by atoms with Gasteiger partial charge in [0.05, 0.1) is 17.6 Å². The van der Waals surface area contributed by atoms with Gasteiger partial charge in [-0.15, -0.1) is 0 Å². The normalized spacial score (nSPS) is 15.8. The Morgan fingerprint density at radius 3 is 2.38 bits per heavy atom. The zero-order chi connectivity index (χ0) is 12.3. The molecule has 7 heteroatoms. The summed E-state index contributed by atoms with van der Waals surface area (Å²) in [6.45, 7) is 3.27. The molecule has 0 aliphatic heterocycles. The second-order valence-electron chi connectivity index (χ2n) is 3.53. The average molecular weight is 245 g/mol. The summed E-state index contributed by atoms with van der Waals surface area (Å²) in [7, 11) is -2.25. The highest BCUT2D eigenvalue weighted by molar-refractivity contribution is 7.89. The van der Waals surface area contributed by atoms with Crippen molar-refractivity contribution in [1.29, 1.82) is 0 Å². The number of nitrogens with zero attached hydrogens (tertiary/aromatic N) is 2. The van der Waals surface area contributed by atoms with Crippen molar-refractivity contribution < 1.29 is 13.2 Å². The number of rotatable bonds is 4. The first-order chi connectivity index (χ1) is 7.36. The van der Waals surface area contributed by atoms with Crippen LogP contribution in [0.5, 0.6) is 0 Å². The third-order valence-electron chi connectivity index (χ3n) is 2.29. The summed E-state index contributed by atoms with van der Waals surface area (Å²) in [5.74, 6) is 0. The van der Waals surface area contributed by atoms with E-state index in [-0.39, 0.29) is 0 Å². The van der Waals surface area contributed by atoms with Gasteiger partial charge in [0.1, 0.15) is 11.4 Å². The maximum atomic E-state index is 11.2. The largest absolute Gasteiger partial charge is 0.374 e. The molecule has 0 amide bonds. The van der Waals surface area contributed by atoms with Gasteiger partial charge in [-0.25, -0.2) is 13.6 Å². The van der Waals surface area contributed by atoms with Crippen LogP contribution in [0.4, 0.5) is 0 Å². The molecule has 2 N–H and O–H groups in total. The number of nitrogens with two attached hydrogens (primary N) is 1. The summed E-state index contributed by atoms with van der Waals surface area (Å²) < 4.78 is 27.5. The van der Waals surface area contributed by atoms with Crippen molar-refractivity contribution in [3.05, 3.63) is 23.8 Å². The van der Waals surface area contributed by atoms with Crippen LogP contribution < -0.4 is 5.14 Å². The maximum absolute atomic E-state index is 11.2. The van der Waals surface area contributed by atoms with Crippen LogP contribution in [0, 0.1) is 6.92 Å². The minimum atomic E-state index is -3.67. The van der Waals surface area contributed by atoms with Crippen molar-refractivity contribution in [2.24, 2.45) is 5.14 Å². The van der Waals surface area contributed by atoms with E-state index >= 15 is 0 Å². The Balaban J connectivity index is 3.03. The van der Waals surface area contributed by atoms with Crippen LogP contribution in [0.1, 0.15) is 24.4 Å². The monoisotopic (exact) mass is 245 g/mol. The summed E-state index contributed by atoms with van der Waals surface area (Å²) >= 11 is 0. The first kappa shape index (κ1) is 13.0. The van der Waals surface area contributed by atoms with Crippen molar-refractivity contribution in [3.8, 4) is 0 Å². The van der Waals surface area contributed by atoms with E-state index in [2.05, 4.69) is 9.97 Å². The summed E-state index contributed by atoms with van der Waals surface area (Å²) in [5.41, 5.74) is 1.21. The molecule has 0 aliphatic rings. The topological polar surface area (TPSA) is 95.2 Å². The Morgan fingerprint density at radius 2 is 2.00 bits per heavy atom. The Morgan fingerprint density at radius 1 is 1.38 bits per heavy atom. The minimum absolute atomic E-state index is 0.453. The first-order valence-electron chi connectivity index (χ1n) is 4.69. The van der Waals surface area contributed by atoms with Gasteiger partial charge >= 0.3 is 0 Å². The molecule has 1 aromatic rings. The van der Waals surface area contributed by atoms with Gasteiger partial charge in [-0.3, -0.25) is 9.97 Å². The Bertz CT molecular complexity index is 444. The van der Waals surface area contributed by atoms with E-state index in [1.807, 2.05) is 0 Å². The van der Waals surface area contributed by atoms with Crippen LogP contribution >= 0.6 is 0 Å². The molecule has 0 aliphatic carbocycles. The van der Waals surface area contributed by atoms with Crippen LogP contribution in [-0.2, 0) is 14.8 Å². The van der Waals surface area contributed by atoms with Gasteiger partial charge in [0.25, 0.3) is 0 Å². The molecule has 1 heterocycles. The second-order valence-corrected chi connectivity index (χ2v) is 5.45. The maximum Gasteiger partial charge on any atom is 0.214 e. The van der Waals surface area contributed by atoms with Gasteiger partial charge in [-0.2, -0.15) is 0 Å². The number of aromatic nitrogens is 2. The summed E-state index contributed by atoms with van der Waals surface area (Å²) in [5, 5.41) is 4.20. The Labute approximate surface area is 94.9 Å². The fourth-order valence-electron chi connectivity index (χ4n) is 1.27. The standard InChI is InChI=1S/C9H15N3O3S/c1-6-4-12-8(5-11-6)9(15-3)7(2)16(10,13)14/h4-5,7,9H,1-3H3,(H2,10,13,14)/t7-,9+/m1/s1. The first-order valence-corrected chi connectivity index (χ1v) is 6.30. The summed E-state index contributed by atoms with van der Waals surface area (Å²) in [4.78, 5) is 8.11. The molecule has 0 unspecified atom stereocenters. The lowest BCUT2D eigenvalue weighted by Crippen LogP contribution is -2.32. The number of primary sulfonamides is 1. The average Bonchev–Trinajstić information content (AvgIpc) is 2.20. The van der Waals surface area contributed by atoms with E-state index in [4.69, 9.17) is 9.88 Å². The lowest BCUT2D eigenvalue weighted by Gasteiger charge is -2.19. The van der Waals surface area contributed by atoms with Crippen molar-refractivity contribution in [1.82, 2.24) is 9.97 Å². The highest BCUT2D eigenvalue weighted by atomic mass is 32.2. The molecule has 6 nitrogen and oxygen atoms in total. The quantitative estimate of drug-likeness (QED) is 0.814. The van der Waals surface area contributed by atoms with E-state index in [1.165, 1.54) is 20.2 Å². The van der Waals surface area contributed by atoms with Crippen LogP contribution in [0.2, 0.25) is 0 Å². The van der Waals surface area contributed by atoms with E-state index < -0.39 is 21.4 Å². The fourth-order valence-corrected chi connectivity index (χ4v) is 1.87. The zero-order valence-corrected chi connectivity index (χ0v) is 10.2. The molecule has 0 bridgehead atoms. The van der Waals surface area contributed by atoms with Gasteiger partial charge in [0.2, 0.25) is 10.0 Å². The molecule has 1 rings (SSSR count). The molecule has 0 spiro atoms. The fraction of sp³-hybridized carbons (Fsp3) is 0.556. The van der Waals surface area contributed by atoms with E-state index in [9.17, 15) is 8.42 Å². The lowest BCUT2D eigenvalue weighted by molar-refractivity contribution is 0.0984. The molecule has 0 saturated heterocycles. The predicted molar refractivity (Wildman–Crippen MR) is 59.1 cm³/mol. The number of hydrogen-bond donors (Lipinski definition) is 1. The van der Waals surface area contributed by atoms with Crippen molar-refractivity contribution in [3.63, 3.8) is 0 Å². The smallest absolute Gasteiger partial charge is 0.214 e. The van der Waals surface area contributed by atoms with Crippen LogP contribution in [0.25, 0.3) is 0 Å². The minimum Gasteiger partial charge on any atom is -0.374 e. The number of aryl methyl sites for hydroxylation is 1. The Hall–Kier alpha value is -1.05. The van der Waals surface area contributed by atoms with E-state index in [1.54, 1.807) is 13.1 Å².